The minimum absolute atomic E-state index is 0.0508. The van der Waals surface area contributed by atoms with Crippen molar-refractivity contribution in [1.29, 1.82) is 0 Å². The molecule has 0 bridgehead atoms. The SMILES string of the molecule is CS(=O)(=O)Nc1cccc(C(=O)NCc2ccccc2F)c1. The summed E-state index contributed by atoms with van der Waals surface area (Å²) in [4.78, 5) is 12.0. The smallest absolute Gasteiger partial charge is 0.251 e. The Morgan fingerprint density at radius 2 is 1.86 bits per heavy atom. The van der Waals surface area contributed by atoms with Crippen LogP contribution in [0.4, 0.5) is 10.1 Å². The van der Waals surface area contributed by atoms with Crippen LogP contribution in [0, 0.1) is 5.82 Å². The molecule has 0 aliphatic rings. The summed E-state index contributed by atoms with van der Waals surface area (Å²) in [6.07, 6.45) is 1.03. The molecule has 0 atom stereocenters. The number of nitrogens with one attached hydrogen (secondary N) is 2. The van der Waals surface area contributed by atoms with E-state index in [-0.39, 0.29) is 12.1 Å². The van der Waals surface area contributed by atoms with Gasteiger partial charge in [0, 0.05) is 23.4 Å². The molecular formula is C15H15FN2O3S. The maximum absolute atomic E-state index is 13.5. The highest BCUT2D eigenvalue weighted by Gasteiger charge is 2.09. The maximum Gasteiger partial charge on any atom is 0.251 e. The Morgan fingerprint density at radius 3 is 2.55 bits per heavy atom. The predicted molar refractivity (Wildman–Crippen MR) is 82.5 cm³/mol. The quantitative estimate of drug-likeness (QED) is 0.885. The summed E-state index contributed by atoms with van der Waals surface area (Å²) in [7, 11) is -3.41. The van der Waals surface area contributed by atoms with Gasteiger partial charge < -0.3 is 5.32 Å². The number of amides is 1. The summed E-state index contributed by atoms with van der Waals surface area (Å²) in [5, 5.41) is 2.59. The van der Waals surface area contributed by atoms with E-state index in [9.17, 15) is 17.6 Å². The van der Waals surface area contributed by atoms with Crippen molar-refractivity contribution >= 4 is 21.6 Å². The van der Waals surface area contributed by atoms with Gasteiger partial charge in [-0.15, -0.1) is 0 Å². The summed E-state index contributed by atoms with van der Waals surface area (Å²) >= 11 is 0. The second-order valence-electron chi connectivity index (χ2n) is 4.73. The third-order valence-corrected chi connectivity index (χ3v) is 3.43. The Labute approximate surface area is 128 Å². The fraction of sp³-hybridized carbons (Fsp3) is 0.133. The van der Waals surface area contributed by atoms with Crippen LogP contribution >= 0.6 is 0 Å². The summed E-state index contributed by atoms with van der Waals surface area (Å²) in [6.45, 7) is 0.0508. The average molecular weight is 322 g/mol. The van der Waals surface area contributed by atoms with Crippen LogP contribution in [0.15, 0.2) is 48.5 Å². The number of sulfonamides is 1. The van der Waals surface area contributed by atoms with E-state index in [2.05, 4.69) is 10.0 Å². The molecule has 0 saturated heterocycles. The molecule has 116 valence electrons. The van der Waals surface area contributed by atoms with Gasteiger partial charge in [-0.25, -0.2) is 12.8 Å². The lowest BCUT2D eigenvalue weighted by molar-refractivity contribution is 0.0950. The zero-order valence-corrected chi connectivity index (χ0v) is 12.7. The molecule has 0 fully saturated rings. The number of halogens is 1. The van der Waals surface area contributed by atoms with Gasteiger partial charge in [-0.1, -0.05) is 24.3 Å². The van der Waals surface area contributed by atoms with E-state index in [1.807, 2.05) is 0 Å². The second-order valence-corrected chi connectivity index (χ2v) is 6.48. The Morgan fingerprint density at radius 1 is 1.14 bits per heavy atom. The van der Waals surface area contributed by atoms with E-state index in [1.54, 1.807) is 30.3 Å². The molecule has 22 heavy (non-hydrogen) atoms. The fourth-order valence-electron chi connectivity index (χ4n) is 1.86. The van der Waals surface area contributed by atoms with Crippen LogP contribution in [0.25, 0.3) is 0 Å². The molecule has 0 saturated carbocycles. The van der Waals surface area contributed by atoms with E-state index in [1.165, 1.54) is 18.2 Å². The monoisotopic (exact) mass is 322 g/mol. The highest BCUT2D eigenvalue weighted by molar-refractivity contribution is 7.92. The Hall–Kier alpha value is -2.41. The van der Waals surface area contributed by atoms with Gasteiger partial charge in [0.05, 0.1) is 6.26 Å². The molecule has 5 nitrogen and oxygen atoms in total. The first-order valence-electron chi connectivity index (χ1n) is 6.44. The summed E-state index contributed by atoms with van der Waals surface area (Å²) in [5.74, 6) is -0.810. The van der Waals surface area contributed by atoms with E-state index < -0.39 is 21.7 Å². The first kappa shape index (κ1) is 16.0. The lowest BCUT2D eigenvalue weighted by Gasteiger charge is -2.08. The molecule has 0 spiro atoms. The molecular weight excluding hydrogens is 307 g/mol. The summed E-state index contributed by atoms with van der Waals surface area (Å²) < 4.78 is 38.1. The van der Waals surface area contributed by atoms with Crippen LogP contribution in [0.1, 0.15) is 15.9 Å². The minimum Gasteiger partial charge on any atom is -0.348 e. The van der Waals surface area contributed by atoms with Gasteiger partial charge in [0.2, 0.25) is 10.0 Å². The number of rotatable bonds is 5. The molecule has 2 aromatic carbocycles. The van der Waals surface area contributed by atoms with Crippen molar-refractivity contribution < 1.29 is 17.6 Å². The summed E-state index contributed by atoms with van der Waals surface area (Å²) in [6, 6.07) is 12.2. The second kappa shape index (κ2) is 6.57. The first-order valence-corrected chi connectivity index (χ1v) is 8.34. The topological polar surface area (TPSA) is 75.3 Å². The van der Waals surface area contributed by atoms with Crippen LogP contribution in [0.3, 0.4) is 0 Å². The maximum atomic E-state index is 13.5. The molecule has 0 aliphatic heterocycles. The highest BCUT2D eigenvalue weighted by Crippen LogP contribution is 2.12. The van der Waals surface area contributed by atoms with Crippen LogP contribution in [0.5, 0.6) is 0 Å². The Bertz CT molecular complexity index is 791. The molecule has 7 heteroatoms. The number of anilines is 1. The minimum atomic E-state index is -3.41. The van der Waals surface area contributed by atoms with Gasteiger partial charge in [-0.05, 0) is 24.3 Å². The van der Waals surface area contributed by atoms with E-state index >= 15 is 0 Å². The molecule has 0 radical (unpaired) electrons. The number of hydrogen-bond donors (Lipinski definition) is 2. The molecule has 2 N–H and O–H groups in total. The normalized spacial score (nSPS) is 11.0. The Balaban J connectivity index is 2.07. The number of hydrogen-bond acceptors (Lipinski definition) is 3. The van der Waals surface area contributed by atoms with Crippen LogP contribution in [0.2, 0.25) is 0 Å². The van der Waals surface area contributed by atoms with Crippen LogP contribution in [-0.4, -0.2) is 20.6 Å². The molecule has 2 aromatic rings. The molecule has 0 aromatic heterocycles. The largest absolute Gasteiger partial charge is 0.348 e. The van der Waals surface area contributed by atoms with Crippen molar-refractivity contribution in [2.45, 2.75) is 6.54 Å². The molecule has 2 rings (SSSR count). The van der Waals surface area contributed by atoms with Crippen molar-refractivity contribution in [2.24, 2.45) is 0 Å². The Kier molecular flexibility index (Phi) is 4.77. The highest BCUT2D eigenvalue weighted by atomic mass is 32.2. The number of carbonyl (C=O) groups is 1. The average Bonchev–Trinajstić information content (AvgIpc) is 2.44. The van der Waals surface area contributed by atoms with Gasteiger partial charge in [-0.2, -0.15) is 0 Å². The van der Waals surface area contributed by atoms with Crippen LogP contribution < -0.4 is 10.0 Å². The van der Waals surface area contributed by atoms with Crippen molar-refractivity contribution in [2.75, 3.05) is 11.0 Å². The van der Waals surface area contributed by atoms with Crippen LogP contribution in [-0.2, 0) is 16.6 Å². The van der Waals surface area contributed by atoms with E-state index in [4.69, 9.17) is 0 Å². The van der Waals surface area contributed by atoms with Crippen molar-refractivity contribution in [3.8, 4) is 0 Å². The lowest BCUT2D eigenvalue weighted by Crippen LogP contribution is -2.23. The molecule has 0 heterocycles. The standard InChI is InChI=1S/C15H15FN2O3S/c1-22(20,21)18-13-7-4-6-11(9-13)15(19)17-10-12-5-2-3-8-14(12)16/h2-9,18H,10H2,1H3,(H,17,19). The summed E-state index contributed by atoms with van der Waals surface area (Å²) in [5.41, 5.74) is 0.951. The van der Waals surface area contributed by atoms with Gasteiger partial charge in [-0.3, -0.25) is 9.52 Å². The molecule has 0 aliphatic carbocycles. The zero-order valence-electron chi connectivity index (χ0n) is 11.8. The van der Waals surface area contributed by atoms with E-state index in [0.29, 0.717) is 11.3 Å². The van der Waals surface area contributed by atoms with Crippen molar-refractivity contribution in [3.63, 3.8) is 0 Å². The molecule has 1 amide bonds. The predicted octanol–water partition coefficient (Wildman–Crippen LogP) is 2.13. The van der Waals surface area contributed by atoms with Gasteiger partial charge in [0.25, 0.3) is 5.91 Å². The van der Waals surface area contributed by atoms with Gasteiger partial charge >= 0.3 is 0 Å². The number of benzene rings is 2. The lowest BCUT2D eigenvalue weighted by atomic mass is 10.1. The third-order valence-electron chi connectivity index (χ3n) is 2.83. The molecule has 0 unspecified atom stereocenters. The third kappa shape index (κ3) is 4.56. The zero-order chi connectivity index (χ0) is 16.2. The number of carbonyl (C=O) groups excluding carboxylic acids is 1. The van der Waals surface area contributed by atoms with Gasteiger partial charge in [0.1, 0.15) is 5.82 Å². The van der Waals surface area contributed by atoms with Crippen molar-refractivity contribution in [1.82, 2.24) is 5.32 Å². The van der Waals surface area contributed by atoms with E-state index in [0.717, 1.165) is 6.26 Å². The van der Waals surface area contributed by atoms with Gasteiger partial charge in [0.15, 0.2) is 0 Å². The fourth-order valence-corrected chi connectivity index (χ4v) is 2.41. The first-order chi connectivity index (χ1) is 10.3. The van der Waals surface area contributed by atoms with Crippen molar-refractivity contribution in [3.05, 3.63) is 65.5 Å².